The standard InChI is InChI=1S/C20H28O2/c1-12-10-14(21)11-13-4-5-15-16-6-7-18(22)19(16,2)9-8-17(15)20(12,13)3/h10-11,15-18,22H,4-9H2,1-3H3/t15-,16-,17-,18+,19-,20-/m0/s1. The van der Waals surface area contributed by atoms with E-state index in [1.807, 2.05) is 12.2 Å². The van der Waals surface area contributed by atoms with Gasteiger partial charge in [0.25, 0.3) is 0 Å². The molecule has 3 fully saturated rings. The summed E-state index contributed by atoms with van der Waals surface area (Å²) in [6.07, 6.45) is 10.5. The molecule has 0 aromatic rings. The number of carbonyl (C=O) groups excluding carboxylic acids is 1. The maximum Gasteiger partial charge on any atom is 0.178 e. The van der Waals surface area contributed by atoms with Gasteiger partial charge in [-0.15, -0.1) is 0 Å². The highest BCUT2D eigenvalue weighted by atomic mass is 16.3. The molecule has 3 saturated carbocycles. The number of rotatable bonds is 0. The molecule has 2 nitrogen and oxygen atoms in total. The maximum absolute atomic E-state index is 11.9. The molecule has 4 rings (SSSR count). The van der Waals surface area contributed by atoms with Crippen LogP contribution in [0.4, 0.5) is 0 Å². The highest BCUT2D eigenvalue weighted by Crippen LogP contribution is 2.65. The molecule has 4 aliphatic rings. The van der Waals surface area contributed by atoms with Crippen LogP contribution in [0.5, 0.6) is 0 Å². The monoisotopic (exact) mass is 300 g/mol. The Hall–Kier alpha value is -0.890. The lowest BCUT2D eigenvalue weighted by Crippen LogP contribution is -2.51. The molecule has 0 aliphatic heterocycles. The summed E-state index contributed by atoms with van der Waals surface area (Å²) < 4.78 is 0. The number of hydrogen-bond donors (Lipinski definition) is 1. The largest absolute Gasteiger partial charge is 0.393 e. The van der Waals surface area contributed by atoms with Crippen LogP contribution in [0.2, 0.25) is 0 Å². The molecule has 0 amide bonds. The van der Waals surface area contributed by atoms with Crippen molar-refractivity contribution < 1.29 is 9.90 Å². The Morgan fingerprint density at radius 1 is 1.09 bits per heavy atom. The average molecular weight is 300 g/mol. The van der Waals surface area contributed by atoms with Gasteiger partial charge >= 0.3 is 0 Å². The van der Waals surface area contributed by atoms with Crippen LogP contribution < -0.4 is 0 Å². The van der Waals surface area contributed by atoms with Crippen LogP contribution in [0.25, 0.3) is 0 Å². The Labute approximate surface area is 133 Å². The van der Waals surface area contributed by atoms with Crippen molar-refractivity contribution in [3.63, 3.8) is 0 Å². The summed E-state index contributed by atoms with van der Waals surface area (Å²) in [4.78, 5) is 11.9. The zero-order chi connectivity index (χ0) is 15.7. The van der Waals surface area contributed by atoms with Crippen molar-refractivity contribution in [3.05, 3.63) is 23.3 Å². The number of aliphatic hydroxyl groups is 1. The van der Waals surface area contributed by atoms with Crippen molar-refractivity contribution in [1.29, 1.82) is 0 Å². The Morgan fingerprint density at radius 2 is 1.86 bits per heavy atom. The van der Waals surface area contributed by atoms with E-state index < -0.39 is 0 Å². The second-order valence-electron chi connectivity index (χ2n) is 8.65. The molecule has 120 valence electrons. The molecule has 0 aromatic carbocycles. The molecule has 4 aliphatic carbocycles. The first-order valence-electron chi connectivity index (χ1n) is 8.99. The van der Waals surface area contributed by atoms with Crippen LogP contribution in [0.3, 0.4) is 0 Å². The number of hydrogen-bond acceptors (Lipinski definition) is 2. The summed E-state index contributed by atoms with van der Waals surface area (Å²) in [5.74, 6) is 2.22. The molecule has 0 saturated heterocycles. The van der Waals surface area contributed by atoms with Crippen molar-refractivity contribution >= 4 is 5.78 Å². The van der Waals surface area contributed by atoms with Crippen molar-refractivity contribution in [2.45, 2.75) is 65.4 Å². The predicted molar refractivity (Wildman–Crippen MR) is 87.2 cm³/mol. The topological polar surface area (TPSA) is 37.3 Å². The number of carbonyl (C=O) groups is 1. The third-order valence-electron chi connectivity index (χ3n) is 8.04. The van der Waals surface area contributed by atoms with Gasteiger partial charge in [-0.1, -0.05) is 25.0 Å². The van der Waals surface area contributed by atoms with Gasteiger partial charge in [-0.2, -0.15) is 0 Å². The fraction of sp³-hybridized carbons (Fsp3) is 0.750. The Morgan fingerprint density at radius 3 is 2.64 bits per heavy atom. The third-order valence-corrected chi connectivity index (χ3v) is 8.04. The highest BCUT2D eigenvalue weighted by molar-refractivity contribution is 6.02. The summed E-state index contributed by atoms with van der Waals surface area (Å²) in [5.41, 5.74) is 2.87. The van der Waals surface area contributed by atoms with Crippen LogP contribution in [0, 0.1) is 28.6 Å². The smallest absolute Gasteiger partial charge is 0.178 e. The van der Waals surface area contributed by atoms with Gasteiger partial charge in [-0.25, -0.2) is 0 Å². The SMILES string of the molecule is CC1=CC(=O)C=C2CC[C@@H]3[C@H](CC[C@]4(C)[C@H](O)CC[C@@H]34)[C@@]12C. The van der Waals surface area contributed by atoms with Crippen LogP contribution in [-0.4, -0.2) is 17.0 Å². The first kappa shape index (κ1) is 14.7. The number of allylic oxidation sites excluding steroid dienone is 4. The number of aliphatic hydroxyl groups excluding tert-OH is 1. The number of fused-ring (bicyclic) bond motifs is 5. The van der Waals surface area contributed by atoms with Gasteiger partial charge in [-0.05, 0) is 80.8 Å². The fourth-order valence-corrected chi connectivity index (χ4v) is 6.54. The van der Waals surface area contributed by atoms with Gasteiger partial charge in [0, 0.05) is 5.41 Å². The van der Waals surface area contributed by atoms with Gasteiger partial charge in [0.15, 0.2) is 5.78 Å². The lowest BCUT2D eigenvalue weighted by molar-refractivity contribution is -0.111. The molecule has 0 spiro atoms. The van der Waals surface area contributed by atoms with Gasteiger partial charge < -0.3 is 5.11 Å². The van der Waals surface area contributed by atoms with E-state index in [4.69, 9.17) is 0 Å². The van der Waals surface area contributed by atoms with E-state index in [1.54, 1.807) is 0 Å². The fourth-order valence-electron chi connectivity index (χ4n) is 6.54. The average Bonchev–Trinajstić information content (AvgIpc) is 2.77. The van der Waals surface area contributed by atoms with Crippen LogP contribution >= 0.6 is 0 Å². The predicted octanol–water partition coefficient (Wildman–Crippen LogP) is 4.05. The molecule has 0 aromatic heterocycles. The first-order valence-corrected chi connectivity index (χ1v) is 8.99. The van der Waals surface area contributed by atoms with Crippen molar-refractivity contribution in [2.75, 3.05) is 0 Å². The molecular formula is C20H28O2. The summed E-state index contributed by atoms with van der Waals surface area (Å²) in [5, 5.41) is 10.5. The zero-order valence-electron chi connectivity index (χ0n) is 14.1. The van der Waals surface area contributed by atoms with Crippen LogP contribution in [0.1, 0.15) is 59.3 Å². The molecule has 0 bridgehead atoms. The summed E-state index contributed by atoms with van der Waals surface area (Å²) in [6, 6.07) is 0. The quantitative estimate of drug-likeness (QED) is 0.733. The molecule has 0 heterocycles. The Bertz CT molecular complexity index is 587. The highest BCUT2D eigenvalue weighted by Gasteiger charge is 2.59. The molecule has 1 N–H and O–H groups in total. The van der Waals surface area contributed by atoms with Gasteiger partial charge in [0.2, 0.25) is 0 Å². The minimum atomic E-state index is -0.104. The van der Waals surface area contributed by atoms with E-state index in [1.165, 1.54) is 30.4 Å². The molecule has 0 unspecified atom stereocenters. The molecule has 22 heavy (non-hydrogen) atoms. The van der Waals surface area contributed by atoms with Gasteiger partial charge in [-0.3, -0.25) is 4.79 Å². The summed E-state index contributed by atoms with van der Waals surface area (Å²) >= 11 is 0. The van der Waals surface area contributed by atoms with Gasteiger partial charge in [0.05, 0.1) is 6.10 Å². The van der Waals surface area contributed by atoms with Crippen LogP contribution in [0.15, 0.2) is 23.3 Å². The first-order chi connectivity index (χ1) is 10.4. The van der Waals surface area contributed by atoms with E-state index in [-0.39, 0.29) is 22.7 Å². The second kappa shape index (κ2) is 4.56. The Balaban J connectivity index is 1.74. The maximum atomic E-state index is 11.9. The molecule has 6 atom stereocenters. The summed E-state index contributed by atoms with van der Waals surface area (Å²) in [7, 11) is 0. The lowest BCUT2D eigenvalue weighted by atomic mass is 9.47. The molecule has 0 radical (unpaired) electrons. The van der Waals surface area contributed by atoms with Crippen LogP contribution in [-0.2, 0) is 4.79 Å². The van der Waals surface area contributed by atoms with Crippen molar-refractivity contribution in [3.8, 4) is 0 Å². The van der Waals surface area contributed by atoms with E-state index in [0.717, 1.165) is 25.2 Å². The Kier molecular flexibility index (Phi) is 3.05. The van der Waals surface area contributed by atoms with E-state index >= 15 is 0 Å². The van der Waals surface area contributed by atoms with Crippen molar-refractivity contribution in [1.82, 2.24) is 0 Å². The van der Waals surface area contributed by atoms with Crippen molar-refractivity contribution in [2.24, 2.45) is 28.6 Å². The lowest BCUT2D eigenvalue weighted by Gasteiger charge is -2.57. The minimum absolute atomic E-state index is 0.0890. The van der Waals surface area contributed by atoms with E-state index in [9.17, 15) is 9.90 Å². The minimum Gasteiger partial charge on any atom is -0.393 e. The second-order valence-corrected chi connectivity index (χ2v) is 8.65. The third kappa shape index (κ3) is 1.68. The van der Waals surface area contributed by atoms with E-state index in [2.05, 4.69) is 20.8 Å². The van der Waals surface area contributed by atoms with E-state index in [0.29, 0.717) is 11.8 Å². The zero-order valence-corrected chi connectivity index (χ0v) is 14.1. The molecule has 2 heteroatoms. The van der Waals surface area contributed by atoms with Gasteiger partial charge in [0.1, 0.15) is 0 Å². The normalized spacial score (nSPS) is 50.6. The summed E-state index contributed by atoms with van der Waals surface area (Å²) in [6.45, 7) is 6.86. The number of ketones is 1. The molecular weight excluding hydrogens is 272 g/mol.